The SMILES string of the molecule is c1cncc(CNc2ccnc(NCCN3CCOCC3)n2)c1. The number of hydrogen-bond donors (Lipinski definition) is 2. The van der Waals surface area contributed by atoms with Crippen molar-refractivity contribution in [1.29, 1.82) is 0 Å². The molecule has 0 bridgehead atoms. The minimum atomic E-state index is 0.648. The Morgan fingerprint density at radius 2 is 2.04 bits per heavy atom. The van der Waals surface area contributed by atoms with Crippen LogP contribution in [0.5, 0.6) is 0 Å². The number of rotatable bonds is 7. The number of anilines is 2. The van der Waals surface area contributed by atoms with E-state index in [-0.39, 0.29) is 0 Å². The van der Waals surface area contributed by atoms with Gasteiger partial charge in [0, 0.05) is 51.3 Å². The average molecular weight is 314 g/mol. The Bertz CT molecular complexity index is 588. The number of nitrogens with zero attached hydrogens (tertiary/aromatic N) is 4. The van der Waals surface area contributed by atoms with Crippen molar-refractivity contribution in [3.8, 4) is 0 Å². The van der Waals surface area contributed by atoms with E-state index in [4.69, 9.17) is 4.74 Å². The van der Waals surface area contributed by atoms with Gasteiger partial charge in [0.25, 0.3) is 0 Å². The van der Waals surface area contributed by atoms with Crippen molar-refractivity contribution in [3.63, 3.8) is 0 Å². The summed E-state index contributed by atoms with van der Waals surface area (Å²) >= 11 is 0. The van der Waals surface area contributed by atoms with E-state index in [2.05, 4.69) is 30.5 Å². The van der Waals surface area contributed by atoms with Gasteiger partial charge in [-0.1, -0.05) is 6.07 Å². The standard InChI is InChI=1S/C16H22N6O/c1-2-14(12-17-4-1)13-20-15-3-5-18-16(21-15)19-6-7-22-8-10-23-11-9-22/h1-5,12H,6-11,13H2,(H2,18,19,20,21). The molecule has 122 valence electrons. The van der Waals surface area contributed by atoms with Crippen LogP contribution in [0.15, 0.2) is 36.8 Å². The zero-order valence-electron chi connectivity index (χ0n) is 13.1. The Hall–Kier alpha value is -2.25. The van der Waals surface area contributed by atoms with Crippen molar-refractivity contribution in [2.24, 2.45) is 0 Å². The summed E-state index contributed by atoms with van der Waals surface area (Å²) in [7, 11) is 0. The first-order valence-electron chi connectivity index (χ1n) is 7.90. The fraction of sp³-hybridized carbons (Fsp3) is 0.438. The smallest absolute Gasteiger partial charge is 0.224 e. The highest BCUT2D eigenvalue weighted by Gasteiger charge is 2.09. The fourth-order valence-electron chi connectivity index (χ4n) is 2.39. The molecule has 3 rings (SSSR count). The molecule has 1 fully saturated rings. The van der Waals surface area contributed by atoms with E-state index in [0.29, 0.717) is 12.5 Å². The molecule has 7 heteroatoms. The van der Waals surface area contributed by atoms with Gasteiger partial charge >= 0.3 is 0 Å². The van der Waals surface area contributed by atoms with Gasteiger partial charge < -0.3 is 15.4 Å². The number of morpholine rings is 1. The first kappa shape index (κ1) is 15.6. The molecule has 1 aliphatic heterocycles. The van der Waals surface area contributed by atoms with Gasteiger partial charge in [-0.25, -0.2) is 4.98 Å². The predicted octanol–water partition coefficient (Wildman–Crippen LogP) is 1.23. The Morgan fingerprint density at radius 3 is 2.87 bits per heavy atom. The van der Waals surface area contributed by atoms with Crippen molar-refractivity contribution >= 4 is 11.8 Å². The number of ether oxygens (including phenoxy) is 1. The Kier molecular flexibility index (Phi) is 5.71. The number of hydrogen-bond acceptors (Lipinski definition) is 7. The highest BCUT2D eigenvalue weighted by atomic mass is 16.5. The maximum atomic E-state index is 5.34. The maximum Gasteiger partial charge on any atom is 0.224 e. The van der Waals surface area contributed by atoms with E-state index < -0.39 is 0 Å². The van der Waals surface area contributed by atoms with Crippen molar-refractivity contribution < 1.29 is 4.74 Å². The second-order valence-corrected chi connectivity index (χ2v) is 5.36. The van der Waals surface area contributed by atoms with E-state index in [9.17, 15) is 0 Å². The Labute approximate surface area is 136 Å². The average Bonchev–Trinajstić information content (AvgIpc) is 2.62. The second kappa shape index (κ2) is 8.40. The molecule has 0 aromatic carbocycles. The molecule has 1 saturated heterocycles. The minimum Gasteiger partial charge on any atom is -0.379 e. The predicted molar refractivity (Wildman–Crippen MR) is 89.3 cm³/mol. The van der Waals surface area contributed by atoms with Crippen LogP contribution in [-0.2, 0) is 11.3 Å². The van der Waals surface area contributed by atoms with Crippen molar-refractivity contribution in [2.45, 2.75) is 6.54 Å². The molecular formula is C16H22N6O. The fourth-order valence-corrected chi connectivity index (χ4v) is 2.39. The lowest BCUT2D eigenvalue weighted by Crippen LogP contribution is -2.39. The van der Waals surface area contributed by atoms with Crippen LogP contribution in [-0.4, -0.2) is 59.2 Å². The summed E-state index contributed by atoms with van der Waals surface area (Å²) in [4.78, 5) is 15.2. The molecule has 0 aliphatic carbocycles. The van der Waals surface area contributed by atoms with E-state index in [1.165, 1.54) is 0 Å². The molecule has 3 heterocycles. The van der Waals surface area contributed by atoms with Crippen LogP contribution in [0.1, 0.15) is 5.56 Å². The third kappa shape index (κ3) is 5.15. The summed E-state index contributed by atoms with van der Waals surface area (Å²) in [6, 6.07) is 5.82. The van der Waals surface area contributed by atoms with Gasteiger partial charge in [0.2, 0.25) is 5.95 Å². The molecule has 2 N–H and O–H groups in total. The summed E-state index contributed by atoms with van der Waals surface area (Å²) in [5, 5.41) is 6.56. The summed E-state index contributed by atoms with van der Waals surface area (Å²) in [5.74, 6) is 1.45. The van der Waals surface area contributed by atoms with Gasteiger partial charge in [-0.2, -0.15) is 4.98 Å². The quantitative estimate of drug-likeness (QED) is 0.796. The Morgan fingerprint density at radius 1 is 1.13 bits per heavy atom. The van der Waals surface area contributed by atoms with Gasteiger partial charge in [-0.15, -0.1) is 0 Å². The first-order chi connectivity index (χ1) is 11.4. The van der Waals surface area contributed by atoms with Crippen molar-refractivity contribution in [3.05, 3.63) is 42.4 Å². The third-order valence-corrected chi connectivity index (χ3v) is 3.67. The molecule has 2 aromatic rings. The topological polar surface area (TPSA) is 75.2 Å². The van der Waals surface area contributed by atoms with Crippen LogP contribution >= 0.6 is 0 Å². The molecule has 0 saturated carbocycles. The zero-order chi connectivity index (χ0) is 15.7. The van der Waals surface area contributed by atoms with Crippen LogP contribution in [0.2, 0.25) is 0 Å². The van der Waals surface area contributed by atoms with Gasteiger partial charge in [-0.3, -0.25) is 9.88 Å². The number of aromatic nitrogens is 3. The van der Waals surface area contributed by atoms with Crippen molar-refractivity contribution in [1.82, 2.24) is 19.9 Å². The minimum absolute atomic E-state index is 0.648. The Balaban J connectivity index is 1.45. The summed E-state index contributed by atoms with van der Waals surface area (Å²) in [5.41, 5.74) is 1.12. The van der Waals surface area contributed by atoms with Gasteiger partial charge in [0.1, 0.15) is 5.82 Å². The van der Waals surface area contributed by atoms with Crippen LogP contribution < -0.4 is 10.6 Å². The molecule has 2 aromatic heterocycles. The van der Waals surface area contributed by atoms with Crippen LogP contribution in [0.3, 0.4) is 0 Å². The van der Waals surface area contributed by atoms with Gasteiger partial charge in [0.15, 0.2) is 0 Å². The highest BCUT2D eigenvalue weighted by molar-refractivity contribution is 5.40. The number of nitrogens with one attached hydrogen (secondary N) is 2. The molecule has 23 heavy (non-hydrogen) atoms. The van der Waals surface area contributed by atoms with Gasteiger partial charge in [0.05, 0.1) is 13.2 Å². The van der Waals surface area contributed by atoms with Gasteiger partial charge in [-0.05, 0) is 17.7 Å². The molecule has 7 nitrogen and oxygen atoms in total. The van der Waals surface area contributed by atoms with E-state index in [1.807, 2.05) is 24.4 Å². The summed E-state index contributed by atoms with van der Waals surface area (Å²) in [6.07, 6.45) is 5.37. The molecule has 0 atom stereocenters. The van der Waals surface area contributed by atoms with Crippen LogP contribution in [0.25, 0.3) is 0 Å². The molecule has 0 spiro atoms. The molecular weight excluding hydrogens is 292 g/mol. The summed E-state index contributed by atoms with van der Waals surface area (Å²) in [6.45, 7) is 6.13. The van der Waals surface area contributed by atoms with Crippen LogP contribution in [0, 0.1) is 0 Å². The lowest BCUT2D eigenvalue weighted by molar-refractivity contribution is 0.0398. The molecule has 1 aliphatic rings. The third-order valence-electron chi connectivity index (χ3n) is 3.67. The molecule has 0 amide bonds. The normalized spacial score (nSPS) is 15.3. The maximum absolute atomic E-state index is 5.34. The first-order valence-corrected chi connectivity index (χ1v) is 7.90. The highest BCUT2D eigenvalue weighted by Crippen LogP contribution is 2.07. The molecule has 0 radical (unpaired) electrons. The van der Waals surface area contributed by atoms with E-state index in [1.54, 1.807) is 12.4 Å². The van der Waals surface area contributed by atoms with E-state index in [0.717, 1.165) is 50.8 Å². The van der Waals surface area contributed by atoms with E-state index >= 15 is 0 Å². The van der Waals surface area contributed by atoms with Crippen molar-refractivity contribution in [2.75, 3.05) is 50.0 Å². The zero-order valence-corrected chi connectivity index (χ0v) is 13.1. The second-order valence-electron chi connectivity index (χ2n) is 5.36. The lowest BCUT2D eigenvalue weighted by atomic mass is 10.3. The largest absolute Gasteiger partial charge is 0.379 e. The van der Waals surface area contributed by atoms with Crippen LogP contribution in [0.4, 0.5) is 11.8 Å². The molecule has 0 unspecified atom stereocenters. The monoisotopic (exact) mass is 314 g/mol. The number of pyridine rings is 1. The summed E-state index contributed by atoms with van der Waals surface area (Å²) < 4.78 is 5.34. The lowest BCUT2D eigenvalue weighted by Gasteiger charge is -2.26.